The molecule has 1 N–H and O–H groups in total. The monoisotopic (exact) mass is 262 g/mol. The molecule has 1 saturated carbocycles. The van der Waals surface area contributed by atoms with Crippen molar-refractivity contribution in [3.05, 3.63) is 29.8 Å². The zero-order chi connectivity index (χ0) is 13.5. The van der Waals surface area contributed by atoms with Crippen molar-refractivity contribution >= 4 is 0 Å². The van der Waals surface area contributed by atoms with Gasteiger partial charge in [0.05, 0.1) is 7.11 Å². The Morgan fingerprint density at radius 3 is 2.74 bits per heavy atom. The predicted molar refractivity (Wildman–Crippen MR) is 79.6 cm³/mol. The topological polar surface area (TPSA) is 24.5 Å². The van der Waals surface area contributed by atoms with Gasteiger partial charge >= 0.3 is 0 Å². The number of rotatable bonds is 7. The second-order valence-corrected chi connectivity index (χ2v) is 5.41. The van der Waals surface area contributed by atoms with Crippen molar-refractivity contribution in [2.75, 3.05) is 27.2 Å². The van der Waals surface area contributed by atoms with Crippen molar-refractivity contribution in [1.82, 2.24) is 10.2 Å². The van der Waals surface area contributed by atoms with Crippen LogP contribution in [-0.4, -0.2) is 38.2 Å². The van der Waals surface area contributed by atoms with Gasteiger partial charge in [0.2, 0.25) is 0 Å². The Balaban J connectivity index is 1.68. The van der Waals surface area contributed by atoms with Gasteiger partial charge in [-0.05, 0) is 26.0 Å². The Bertz CT molecular complexity index is 375. The molecule has 0 unspecified atom stereocenters. The van der Waals surface area contributed by atoms with Gasteiger partial charge in [0.15, 0.2) is 0 Å². The molecule has 1 aromatic carbocycles. The zero-order valence-electron chi connectivity index (χ0n) is 12.2. The summed E-state index contributed by atoms with van der Waals surface area (Å²) < 4.78 is 5.35. The summed E-state index contributed by atoms with van der Waals surface area (Å²) in [7, 11) is 3.98. The smallest absolute Gasteiger partial charge is 0.123 e. The Labute approximate surface area is 116 Å². The summed E-state index contributed by atoms with van der Waals surface area (Å²) in [4.78, 5) is 2.50. The maximum Gasteiger partial charge on any atom is 0.123 e. The average molecular weight is 262 g/mol. The molecular weight excluding hydrogens is 236 g/mol. The van der Waals surface area contributed by atoms with Crippen LogP contribution in [0.25, 0.3) is 0 Å². The van der Waals surface area contributed by atoms with E-state index in [1.165, 1.54) is 31.2 Å². The van der Waals surface area contributed by atoms with Crippen molar-refractivity contribution in [3.8, 4) is 5.75 Å². The minimum atomic E-state index is 0.813. The molecule has 1 aromatic rings. The first kappa shape index (κ1) is 14.4. The van der Waals surface area contributed by atoms with Crippen molar-refractivity contribution in [2.45, 2.75) is 38.3 Å². The van der Waals surface area contributed by atoms with E-state index in [0.29, 0.717) is 0 Å². The predicted octanol–water partition coefficient (Wildman–Crippen LogP) is 2.66. The molecule has 0 heterocycles. The molecule has 0 atom stereocenters. The van der Waals surface area contributed by atoms with Gasteiger partial charge in [-0.15, -0.1) is 0 Å². The summed E-state index contributed by atoms with van der Waals surface area (Å²) in [6.07, 6.45) is 5.57. The summed E-state index contributed by atoms with van der Waals surface area (Å²) in [6, 6.07) is 9.02. The standard InChI is InChI=1S/C16H26N2O/c1-18(15-8-4-5-9-15)12-11-17-13-14-7-3-6-10-16(14)19-2/h3,6-7,10,15,17H,4-5,8-9,11-13H2,1-2H3. The molecule has 19 heavy (non-hydrogen) atoms. The van der Waals surface area contributed by atoms with Gasteiger partial charge < -0.3 is 15.0 Å². The Hall–Kier alpha value is -1.06. The number of hydrogen-bond donors (Lipinski definition) is 1. The summed E-state index contributed by atoms with van der Waals surface area (Å²) >= 11 is 0. The van der Waals surface area contributed by atoms with Crippen LogP contribution >= 0.6 is 0 Å². The van der Waals surface area contributed by atoms with Crippen LogP contribution in [0.5, 0.6) is 5.75 Å². The molecule has 0 bridgehead atoms. The lowest BCUT2D eigenvalue weighted by Gasteiger charge is -2.24. The largest absolute Gasteiger partial charge is 0.496 e. The highest BCUT2D eigenvalue weighted by molar-refractivity contribution is 5.32. The number of likely N-dealkylation sites (N-methyl/N-ethyl adjacent to an activating group) is 1. The van der Waals surface area contributed by atoms with E-state index >= 15 is 0 Å². The van der Waals surface area contributed by atoms with Gasteiger partial charge in [0, 0.05) is 31.2 Å². The first-order chi connectivity index (χ1) is 9.31. The van der Waals surface area contributed by atoms with Crippen molar-refractivity contribution in [1.29, 1.82) is 0 Å². The summed E-state index contributed by atoms with van der Waals surface area (Å²) in [5.74, 6) is 0.971. The van der Waals surface area contributed by atoms with Crippen LogP contribution < -0.4 is 10.1 Å². The lowest BCUT2D eigenvalue weighted by molar-refractivity contribution is 0.245. The zero-order valence-corrected chi connectivity index (χ0v) is 12.2. The van der Waals surface area contributed by atoms with Crippen LogP contribution in [0.2, 0.25) is 0 Å². The van der Waals surface area contributed by atoms with E-state index in [4.69, 9.17) is 4.74 Å². The van der Waals surface area contributed by atoms with Gasteiger partial charge in [0.1, 0.15) is 5.75 Å². The molecule has 2 rings (SSSR count). The summed E-state index contributed by atoms with van der Waals surface area (Å²) in [5, 5.41) is 3.51. The minimum absolute atomic E-state index is 0.813. The molecule has 0 spiro atoms. The first-order valence-electron chi connectivity index (χ1n) is 7.34. The molecule has 0 aliphatic heterocycles. The lowest BCUT2D eigenvalue weighted by atomic mass is 10.2. The van der Waals surface area contributed by atoms with Crippen LogP contribution in [0.3, 0.4) is 0 Å². The molecule has 0 saturated heterocycles. The number of para-hydroxylation sites is 1. The Morgan fingerprint density at radius 2 is 2.00 bits per heavy atom. The number of benzene rings is 1. The molecular formula is C16H26N2O. The summed E-state index contributed by atoms with van der Waals surface area (Å²) in [5.41, 5.74) is 1.23. The average Bonchev–Trinajstić information content (AvgIpc) is 2.98. The quantitative estimate of drug-likeness (QED) is 0.765. The van der Waals surface area contributed by atoms with Crippen molar-refractivity contribution in [2.24, 2.45) is 0 Å². The normalized spacial score (nSPS) is 16.2. The molecule has 0 aromatic heterocycles. The molecule has 1 aliphatic rings. The third-order valence-electron chi connectivity index (χ3n) is 4.10. The van der Waals surface area contributed by atoms with E-state index in [9.17, 15) is 0 Å². The molecule has 0 radical (unpaired) electrons. The fourth-order valence-corrected chi connectivity index (χ4v) is 2.86. The fourth-order valence-electron chi connectivity index (χ4n) is 2.86. The number of ether oxygens (including phenoxy) is 1. The molecule has 1 aliphatic carbocycles. The molecule has 3 nitrogen and oxygen atoms in total. The van der Waals surface area contributed by atoms with Gasteiger partial charge in [-0.2, -0.15) is 0 Å². The number of hydrogen-bond acceptors (Lipinski definition) is 3. The number of methoxy groups -OCH3 is 1. The molecule has 0 amide bonds. The van der Waals surface area contributed by atoms with Crippen LogP contribution in [0.15, 0.2) is 24.3 Å². The maximum absolute atomic E-state index is 5.35. The Kier molecular flexibility index (Phi) is 5.67. The SMILES string of the molecule is COc1ccccc1CNCCN(C)C1CCCC1. The third kappa shape index (κ3) is 4.22. The van der Waals surface area contributed by atoms with E-state index in [2.05, 4.69) is 29.4 Å². The van der Waals surface area contributed by atoms with E-state index in [0.717, 1.165) is 31.4 Å². The van der Waals surface area contributed by atoms with Gasteiger partial charge in [-0.3, -0.25) is 0 Å². The fraction of sp³-hybridized carbons (Fsp3) is 0.625. The van der Waals surface area contributed by atoms with Gasteiger partial charge in [0.25, 0.3) is 0 Å². The molecule has 1 fully saturated rings. The highest BCUT2D eigenvalue weighted by Gasteiger charge is 2.18. The highest BCUT2D eigenvalue weighted by atomic mass is 16.5. The van der Waals surface area contributed by atoms with Gasteiger partial charge in [-0.25, -0.2) is 0 Å². The number of nitrogens with zero attached hydrogens (tertiary/aromatic N) is 1. The minimum Gasteiger partial charge on any atom is -0.496 e. The van der Waals surface area contributed by atoms with E-state index in [-0.39, 0.29) is 0 Å². The van der Waals surface area contributed by atoms with Crippen LogP contribution in [0.4, 0.5) is 0 Å². The van der Waals surface area contributed by atoms with Crippen LogP contribution in [0, 0.1) is 0 Å². The first-order valence-corrected chi connectivity index (χ1v) is 7.34. The maximum atomic E-state index is 5.35. The van der Waals surface area contributed by atoms with Crippen LogP contribution in [-0.2, 0) is 6.54 Å². The summed E-state index contributed by atoms with van der Waals surface area (Å²) in [6.45, 7) is 3.04. The van der Waals surface area contributed by atoms with Crippen molar-refractivity contribution < 1.29 is 4.74 Å². The van der Waals surface area contributed by atoms with Crippen molar-refractivity contribution in [3.63, 3.8) is 0 Å². The Morgan fingerprint density at radius 1 is 1.26 bits per heavy atom. The lowest BCUT2D eigenvalue weighted by Crippen LogP contribution is -2.35. The number of nitrogens with one attached hydrogen (secondary N) is 1. The van der Waals surface area contributed by atoms with Gasteiger partial charge in [-0.1, -0.05) is 31.0 Å². The van der Waals surface area contributed by atoms with E-state index in [1.54, 1.807) is 7.11 Å². The molecule has 3 heteroatoms. The third-order valence-corrected chi connectivity index (χ3v) is 4.10. The van der Waals surface area contributed by atoms with E-state index < -0.39 is 0 Å². The highest BCUT2D eigenvalue weighted by Crippen LogP contribution is 2.22. The molecule has 106 valence electrons. The second kappa shape index (κ2) is 7.51. The second-order valence-electron chi connectivity index (χ2n) is 5.41. The van der Waals surface area contributed by atoms with E-state index in [1.807, 2.05) is 12.1 Å². The van der Waals surface area contributed by atoms with Crippen LogP contribution in [0.1, 0.15) is 31.2 Å².